The molecule has 1 atom stereocenters. The van der Waals surface area contributed by atoms with Gasteiger partial charge in [-0.1, -0.05) is 73.1 Å². The van der Waals surface area contributed by atoms with Crippen molar-refractivity contribution in [3.63, 3.8) is 0 Å². The number of ether oxygens (including phenoxy) is 1. The number of anilines is 1. The van der Waals surface area contributed by atoms with E-state index in [-0.39, 0.29) is 24.4 Å². The molecule has 1 N–H and O–H groups in total. The lowest BCUT2D eigenvalue weighted by atomic mass is 10.1. The van der Waals surface area contributed by atoms with Crippen LogP contribution in [0.4, 0.5) is 5.69 Å². The van der Waals surface area contributed by atoms with Crippen molar-refractivity contribution < 1.29 is 14.3 Å². The predicted molar refractivity (Wildman–Crippen MR) is 147 cm³/mol. The molecule has 0 fully saturated rings. The molecule has 36 heavy (non-hydrogen) atoms. The normalized spacial score (nSPS) is 14.9. The molecule has 4 rings (SSSR count). The Labute approximate surface area is 221 Å². The number of carbonyl (C=O) groups is 2. The lowest BCUT2D eigenvalue weighted by Crippen LogP contribution is -2.43. The van der Waals surface area contributed by atoms with Crippen molar-refractivity contribution in [2.24, 2.45) is 0 Å². The molecule has 1 heterocycles. The number of nitrogens with zero attached hydrogens (tertiary/aromatic N) is 1. The fraction of sp³-hybridized carbons (Fsp3) is 0.241. The highest BCUT2D eigenvalue weighted by Gasteiger charge is 2.30. The molecule has 0 radical (unpaired) electrons. The van der Waals surface area contributed by atoms with Crippen molar-refractivity contribution in [2.45, 2.75) is 37.6 Å². The molecule has 0 spiro atoms. The molecule has 0 unspecified atom stereocenters. The monoisotopic (exact) mass is 520 g/mol. The number of para-hydroxylation sites is 1. The first-order chi connectivity index (χ1) is 17.4. The molecule has 3 aromatic rings. The largest absolute Gasteiger partial charge is 0.494 e. The van der Waals surface area contributed by atoms with Gasteiger partial charge >= 0.3 is 0 Å². The summed E-state index contributed by atoms with van der Waals surface area (Å²) in [4.78, 5) is 29.5. The number of halogens is 1. The van der Waals surface area contributed by atoms with Gasteiger partial charge in [-0.3, -0.25) is 14.5 Å². The first kappa shape index (κ1) is 25.9. The zero-order chi connectivity index (χ0) is 25.5. The summed E-state index contributed by atoms with van der Waals surface area (Å²) in [5.41, 5.74) is 2.57. The first-order valence-corrected chi connectivity index (χ1v) is 13.2. The van der Waals surface area contributed by atoms with Crippen molar-refractivity contribution in [3.8, 4) is 5.75 Å². The highest BCUT2D eigenvalue weighted by atomic mass is 35.5. The van der Waals surface area contributed by atoms with Crippen LogP contribution in [0.25, 0.3) is 6.08 Å². The van der Waals surface area contributed by atoms with Crippen LogP contribution < -0.4 is 15.0 Å². The second-order valence-electron chi connectivity index (χ2n) is 8.58. The second-order valence-corrected chi connectivity index (χ2v) is 10.1. The van der Waals surface area contributed by atoms with Crippen LogP contribution >= 0.6 is 23.4 Å². The van der Waals surface area contributed by atoms with Gasteiger partial charge in [0.05, 0.1) is 23.2 Å². The molecule has 1 aliphatic heterocycles. The molecule has 1 aliphatic rings. The molecular formula is C29H29ClN2O3S. The van der Waals surface area contributed by atoms with E-state index in [2.05, 4.69) is 12.2 Å². The summed E-state index contributed by atoms with van der Waals surface area (Å²) in [5, 5.41) is 3.66. The Morgan fingerprint density at radius 1 is 1.08 bits per heavy atom. The maximum Gasteiger partial charge on any atom is 0.265 e. The number of unbranched alkanes of at least 4 members (excludes halogenated alkanes) is 1. The first-order valence-electron chi connectivity index (χ1n) is 12.0. The molecule has 7 heteroatoms. The van der Waals surface area contributed by atoms with Gasteiger partial charge in [0.2, 0.25) is 5.91 Å². The van der Waals surface area contributed by atoms with E-state index in [0.29, 0.717) is 16.5 Å². The Hall–Kier alpha value is -3.22. The minimum absolute atomic E-state index is 0.0725. The third-order valence-electron chi connectivity index (χ3n) is 5.83. The van der Waals surface area contributed by atoms with E-state index in [0.717, 1.165) is 40.3 Å². The number of benzene rings is 3. The third kappa shape index (κ3) is 6.50. The van der Waals surface area contributed by atoms with E-state index in [1.54, 1.807) is 17.0 Å². The van der Waals surface area contributed by atoms with Gasteiger partial charge in [0.25, 0.3) is 5.91 Å². The molecule has 0 saturated carbocycles. The highest BCUT2D eigenvalue weighted by Crippen LogP contribution is 2.42. The van der Waals surface area contributed by atoms with Gasteiger partial charge in [-0.25, -0.2) is 0 Å². The van der Waals surface area contributed by atoms with Crippen LogP contribution in [0.1, 0.15) is 43.9 Å². The third-order valence-corrected chi connectivity index (χ3v) is 7.16. The smallest absolute Gasteiger partial charge is 0.265 e. The van der Waals surface area contributed by atoms with Crippen LogP contribution in [0.2, 0.25) is 5.02 Å². The summed E-state index contributed by atoms with van der Waals surface area (Å²) in [7, 11) is 0. The summed E-state index contributed by atoms with van der Waals surface area (Å²) >= 11 is 7.41. The number of nitrogens with one attached hydrogen (secondary N) is 1. The van der Waals surface area contributed by atoms with E-state index < -0.39 is 0 Å². The van der Waals surface area contributed by atoms with Gasteiger partial charge in [0.1, 0.15) is 12.3 Å². The maximum absolute atomic E-state index is 13.4. The van der Waals surface area contributed by atoms with E-state index in [1.165, 1.54) is 11.8 Å². The number of thioether (sulfide) groups is 1. The minimum atomic E-state index is -0.230. The van der Waals surface area contributed by atoms with E-state index in [9.17, 15) is 9.59 Å². The SMILES string of the molecule is CCCCOc1ccc([C@H](C)NC(=O)CN2C(=O)/C(=C/c3ccc(Cl)cc3)Sc3ccccc32)cc1. The van der Waals surface area contributed by atoms with Crippen LogP contribution in [0.15, 0.2) is 82.6 Å². The van der Waals surface area contributed by atoms with Crippen molar-refractivity contribution in [2.75, 3.05) is 18.1 Å². The summed E-state index contributed by atoms with van der Waals surface area (Å²) < 4.78 is 5.72. The van der Waals surface area contributed by atoms with Crippen LogP contribution in [0.5, 0.6) is 5.75 Å². The van der Waals surface area contributed by atoms with Crippen molar-refractivity contribution in [1.82, 2.24) is 5.32 Å². The number of fused-ring (bicyclic) bond motifs is 1. The van der Waals surface area contributed by atoms with Gasteiger partial charge in [-0.15, -0.1) is 0 Å². The van der Waals surface area contributed by atoms with Gasteiger partial charge < -0.3 is 10.1 Å². The zero-order valence-corrected chi connectivity index (χ0v) is 21.9. The molecule has 186 valence electrons. The highest BCUT2D eigenvalue weighted by molar-refractivity contribution is 8.04. The Bertz CT molecular complexity index is 1240. The Balaban J connectivity index is 1.46. The van der Waals surface area contributed by atoms with E-state index in [4.69, 9.17) is 16.3 Å². The molecule has 0 saturated heterocycles. The molecule has 0 bridgehead atoms. The van der Waals surface area contributed by atoms with Gasteiger partial charge in [-0.05, 0) is 66.9 Å². The average molecular weight is 521 g/mol. The summed E-state index contributed by atoms with van der Waals surface area (Å²) in [6.07, 6.45) is 3.93. The summed E-state index contributed by atoms with van der Waals surface area (Å²) in [6.45, 7) is 4.68. The Kier molecular flexibility index (Phi) is 8.73. The van der Waals surface area contributed by atoms with E-state index in [1.807, 2.05) is 73.7 Å². The summed E-state index contributed by atoms with van der Waals surface area (Å²) in [6, 6.07) is 22.5. The summed E-state index contributed by atoms with van der Waals surface area (Å²) in [5.74, 6) is 0.385. The molecule has 3 aromatic carbocycles. The quantitative estimate of drug-likeness (QED) is 0.247. The van der Waals surface area contributed by atoms with Crippen LogP contribution in [0, 0.1) is 0 Å². The van der Waals surface area contributed by atoms with Crippen molar-refractivity contribution >= 4 is 46.9 Å². The minimum Gasteiger partial charge on any atom is -0.494 e. The maximum atomic E-state index is 13.4. The zero-order valence-electron chi connectivity index (χ0n) is 20.4. The molecule has 5 nitrogen and oxygen atoms in total. The van der Waals surface area contributed by atoms with Crippen molar-refractivity contribution in [1.29, 1.82) is 0 Å². The van der Waals surface area contributed by atoms with Crippen LogP contribution in [0.3, 0.4) is 0 Å². The number of rotatable bonds is 9. The molecular weight excluding hydrogens is 492 g/mol. The topological polar surface area (TPSA) is 58.6 Å². The lowest BCUT2D eigenvalue weighted by Gasteiger charge is -2.30. The average Bonchev–Trinajstić information content (AvgIpc) is 2.88. The number of carbonyl (C=O) groups excluding carboxylic acids is 2. The lowest BCUT2D eigenvalue weighted by molar-refractivity contribution is -0.122. The molecule has 0 aromatic heterocycles. The van der Waals surface area contributed by atoms with Gasteiger partial charge in [0.15, 0.2) is 0 Å². The number of amides is 2. The van der Waals surface area contributed by atoms with Crippen molar-refractivity contribution in [3.05, 3.63) is 93.9 Å². The standard InChI is InChI=1S/C29H29ClN2O3S/c1-3-4-17-35-24-15-11-22(12-16-24)20(2)31-28(33)19-32-25-7-5-6-8-26(25)36-27(29(32)34)18-21-9-13-23(30)14-10-21/h5-16,18,20H,3-4,17,19H2,1-2H3,(H,31,33)/b27-18-/t20-/m0/s1. The number of hydrogen-bond donors (Lipinski definition) is 1. The molecule has 2 amide bonds. The Morgan fingerprint density at radius 3 is 2.53 bits per heavy atom. The Morgan fingerprint density at radius 2 is 1.81 bits per heavy atom. The van der Waals surface area contributed by atoms with Crippen LogP contribution in [-0.4, -0.2) is 25.0 Å². The molecule has 0 aliphatic carbocycles. The van der Waals surface area contributed by atoms with Gasteiger partial charge in [0, 0.05) is 9.92 Å². The fourth-order valence-corrected chi connectivity index (χ4v) is 5.02. The van der Waals surface area contributed by atoms with E-state index >= 15 is 0 Å². The van der Waals surface area contributed by atoms with Crippen LogP contribution in [-0.2, 0) is 9.59 Å². The fourth-order valence-electron chi connectivity index (χ4n) is 3.83. The van der Waals surface area contributed by atoms with Gasteiger partial charge in [-0.2, -0.15) is 0 Å². The number of hydrogen-bond acceptors (Lipinski definition) is 4. The predicted octanol–water partition coefficient (Wildman–Crippen LogP) is 6.88. The second kappa shape index (κ2) is 12.2.